The average Bonchev–Trinajstić information content (AvgIpc) is 2.83. The molecule has 0 unspecified atom stereocenters. The van der Waals surface area contributed by atoms with Crippen molar-refractivity contribution in [2.24, 2.45) is 0 Å². The van der Waals surface area contributed by atoms with Crippen LogP contribution in [-0.4, -0.2) is 22.7 Å². The van der Waals surface area contributed by atoms with Crippen LogP contribution in [-0.2, 0) is 0 Å². The second-order valence-electron chi connectivity index (χ2n) is 2.95. The Morgan fingerprint density at radius 3 is 2.69 bits per heavy atom. The van der Waals surface area contributed by atoms with Gasteiger partial charge in [-0.05, 0) is 35.8 Å². The summed E-state index contributed by atoms with van der Waals surface area (Å²) in [5.41, 5.74) is 1.76. The molecule has 2 aromatic rings. The SMILES string of the molecule is CNC(=O)Oc1ccc(-c2csnn2)cc1. The summed E-state index contributed by atoms with van der Waals surface area (Å²) in [5.74, 6) is 0.492. The number of ether oxygens (including phenoxy) is 1. The standard InChI is InChI=1S/C10H9N3O2S/c1-11-10(14)15-8-4-2-7(3-5-8)9-6-16-13-12-9/h2-6H,1H3,(H,11,14). The number of hydrogen-bond acceptors (Lipinski definition) is 5. The Morgan fingerprint density at radius 2 is 2.12 bits per heavy atom. The number of carbonyl (C=O) groups excluding carboxylic acids is 1. The van der Waals surface area contributed by atoms with Crippen LogP contribution in [0.4, 0.5) is 4.79 Å². The number of amides is 1. The number of benzene rings is 1. The fourth-order valence-electron chi connectivity index (χ4n) is 1.14. The summed E-state index contributed by atoms with van der Waals surface area (Å²) in [6.45, 7) is 0. The fourth-order valence-corrected chi connectivity index (χ4v) is 1.61. The van der Waals surface area contributed by atoms with Gasteiger partial charge in [-0.25, -0.2) is 4.79 Å². The summed E-state index contributed by atoms with van der Waals surface area (Å²) >= 11 is 1.30. The molecule has 1 aromatic carbocycles. The van der Waals surface area contributed by atoms with Gasteiger partial charge < -0.3 is 10.1 Å². The third kappa shape index (κ3) is 2.34. The minimum absolute atomic E-state index is 0.483. The van der Waals surface area contributed by atoms with E-state index in [9.17, 15) is 4.79 Å². The minimum atomic E-state index is -0.483. The Hall–Kier alpha value is -1.95. The van der Waals surface area contributed by atoms with Crippen molar-refractivity contribution in [3.8, 4) is 17.0 Å². The number of hydrogen-bond donors (Lipinski definition) is 1. The molecule has 16 heavy (non-hydrogen) atoms. The van der Waals surface area contributed by atoms with Crippen molar-refractivity contribution in [3.63, 3.8) is 0 Å². The molecule has 82 valence electrons. The molecular weight excluding hydrogens is 226 g/mol. The predicted octanol–water partition coefficient (Wildman–Crippen LogP) is 1.92. The van der Waals surface area contributed by atoms with E-state index in [-0.39, 0.29) is 0 Å². The lowest BCUT2D eigenvalue weighted by atomic mass is 10.2. The molecular formula is C10H9N3O2S. The van der Waals surface area contributed by atoms with Crippen molar-refractivity contribution in [3.05, 3.63) is 29.6 Å². The second kappa shape index (κ2) is 4.71. The van der Waals surface area contributed by atoms with Gasteiger partial charge in [-0.2, -0.15) is 0 Å². The Kier molecular flexibility index (Phi) is 3.11. The average molecular weight is 235 g/mol. The van der Waals surface area contributed by atoms with Gasteiger partial charge in [0.15, 0.2) is 0 Å². The van der Waals surface area contributed by atoms with Crippen molar-refractivity contribution in [2.75, 3.05) is 7.05 Å². The summed E-state index contributed by atoms with van der Waals surface area (Å²) in [7, 11) is 1.51. The topological polar surface area (TPSA) is 64.1 Å². The maximum Gasteiger partial charge on any atom is 0.412 e. The molecule has 1 aromatic heterocycles. The van der Waals surface area contributed by atoms with Gasteiger partial charge in [0.2, 0.25) is 0 Å². The Balaban J connectivity index is 2.14. The van der Waals surface area contributed by atoms with E-state index in [0.29, 0.717) is 5.75 Å². The Morgan fingerprint density at radius 1 is 1.38 bits per heavy atom. The molecule has 0 aliphatic heterocycles. The first-order chi connectivity index (χ1) is 7.79. The first kappa shape index (κ1) is 10.6. The summed E-state index contributed by atoms with van der Waals surface area (Å²) in [6.07, 6.45) is -0.483. The lowest BCUT2D eigenvalue weighted by molar-refractivity contribution is 0.203. The van der Waals surface area contributed by atoms with Gasteiger partial charge in [0, 0.05) is 18.0 Å². The number of carbonyl (C=O) groups is 1. The maximum atomic E-state index is 10.9. The molecule has 0 radical (unpaired) electrons. The van der Waals surface area contributed by atoms with Crippen LogP contribution in [0.2, 0.25) is 0 Å². The van der Waals surface area contributed by atoms with Crippen LogP contribution in [0.1, 0.15) is 0 Å². The molecule has 1 N–H and O–H groups in total. The van der Waals surface area contributed by atoms with E-state index < -0.39 is 6.09 Å². The zero-order valence-corrected chi connectivity index (χ0v) is 9.32. The monoisotopic (exact) mass is 235 g/mol. The number of nitrogens with zero attached hydrogens (tertiary/aromatic N) is 2. The predicted molar refractivity (Wildman–Crippen MR) is 60.4 cm³/mol. The highest BCUT2D eigenvalue weighted by Gasteiger charge is 2.03. The van der Waals surface area contributed by atoms with E-state index >= 15 is 0 Å². The highest BCUT2D eigenvalue weighted by atomic mass is 32.1. The fraction of sp³-hybridized carbons (Fsp3) is 0.100. The normalized spacial score (nSPS) is 9.81. The third-order valence-electron chi connectivity index (χ3n) is 1.92. The molecule has 0 aliphatic rings. The van der Waals surface area contributed by atoms with E-state index in [1.54, 1.807) is 12.1 Å². The summed E-state index contributed by atoms with van der Waals surface area (Å²) in [4.78, 5) is 10.9. The quantitative estimate of drug-likeness (QED) is 0.863. The summed E-state index contributed by atoms with van der Waals surface area (Å²) < 4.78 is 8.73. The first-order valence-corrected chi connectivity index (χ1v) is 5.40. The van der Waals surface area contributed by atoms with Crippen LogP contribution in [0, 0.1) is 0 Å². The number of nitrogens with one attached hydrogen (secondary N) is 1. The summed E-state index contributed by atoms with van der Waals surface area (Å²) in [6, 6.07) is 7.08. The zero-order valence-electron chi connectivity index (χ0n) is 8.51. The van der Waals surface area contributed by atoms with Gasteiger partial charge in [0.05, 0.1) is 0 Å². The van der Waals surface area contributed by atoms with Crippen molar-refractivity contribution in [2.45, 2.75) is 0 Å². The maximum absolute atomic E-state index is 10.9. The molecule has 0 aliphatic carbocycles. The van der Waals surface area contributed by atoms with E-state index in [0.717, 1.165) is 11.3 Å². The van der Waals surface area contributed by atoms with Gasteiger partial charge in [-0.15, -0.1) is 5.10 Å². The first-order valence-electron chi connectivity index (χ1n) is 4.56. The zero-order chi connectivity index (χ0) is 11.4. The van der Waals surface area contributed by atoms with E-state index in [1.807, 2.05) is 17.5 Å². The molecule has 0 atom stereocenters. The second-order valence-corrected chi connectivity index (χ2v) is 3.56. The van der Waals surface area contributed by atoms with Crippen molar-refractivity contribution < 1.29 is 9.53 Å². The van der Waals surface area contributed by atoms with Crippen molar-refractivity contribution in [1.82, 2.24) is 14.9 Å². The highest BCUT2D eigenvalue weighted by molar-refractivity contribution is 7.03. The molecule has 1 heterocycles. The van der Waals surface area contributed by atoms with Crippen molar-refractivity contribution >= 4 is 17.6 Å². The van der Waals surface area contributed by atoms with Gasteiger partial charge in [-0.3, -0.25) is 0 Å². The van der Waals surface area contributed by atoms with Gasteiger partial charge in [0.1, 0.15) is 11.4 Å². The molecule has 6 heteroatoms. The van der Waals surface area contributed by atoms with E-state index in [1.165, 1.54) is 18.6 Å². The van der Waals surface area contributed by atoms with Crippen LogP contribution in [0.15, 0.2) is 29.6 Å². The molecule has 0 bridgehead atoms. The lowest BCUT2D eigenvalue weighted by Gasteiger charge is -2.03. The van der Waals surface area contributed by atoms with Gasteiger partial charge in [-0.1, -0.05) is 4.49 Å². The van der Waals surface area contributed by atoms with E-state index in [2.05, 4.69) is 14.9 Å². The molecule has 5 nitrogen and oxygen atoms in total. The largest absolute Gasteiger partial charge is 0.412 e. The minimum Gasteiger partial charge on any atom is -0.410 e. The molecule has 0 saturated carbocycles. The third-order valence-corrected chi connectivity index (χ3v) is 2.43. The number of rotatable bonds is 2. The molecule has 0 fully saturated rings. The van der Waals surface area contributed by atoms with Gasteiger partial charge >= 0.3 is 6.09 Å². The molecule has 0 spiro atoms. The Labute approximate surface area is 96.2 Å². The van der Waals surface area contributed by atoms with E-state index in [4.69, 9.17) is 4.74 Å². The molecule has 0 saturated heterocycles. The number of aromatic nitrogens is 2. The highest BCUT2D eigenvalue weighted by Crippen LogP contribution is 2.21. The molecule has 2 rings (SSSR count). The van der Waals surface area contributed by atoms with Crippen LogP contribution in [0.3, 0.4) is 0 Å². The van der Waals surface area contributed by atoms with Crippen LogP contribution in [0.25, 0.3) is 11.3 Å². The Bertz CT molecular complexity index is 467. The van der Waals surface area contributed by atoms with Gasteiger partial charge in [0.25, 0.3) is 0 Å². The van der Waals surface area contributed by atoms with Crippen molar-refractivity contribution in [1.29, 1.82) is 0 Å². The van der Waals surface area contributed by atoms with Crippen LogP contribution >= 0.6 is 11.5 Å². The molecule has 1 amide bonds. The smallest absolute Gasteiger partial charge is 0.410 e. The van der Waals surface area contributed by atoms with Crippen LogP contribution in [0.5, 0.6) is 5.75 Å². The lowest BCUT2D eigenvalue weighted by Crippen LogP contribution is -2.21. The van der Waals surface area contributed by atoms with Crippen LogP contribution < -0.4 is 10.1 Å². The summed E-state index contributed by atoms with van der Waals surface area (Å²) in [5, 5.41) is 8.17.